The van der Waals surface area contributed by atoms with E-state index in [1.54, 1.807) is 6.92 Å². The zero-order valence-corrected chi connectivity index (χ0v) is 17.9. The molecule has 0 saturated heterocycles. The molecule has 0 fully saturated rings. The molecule has 152 valence electrons. The Morgan fingerprint density at radius 3 is 2.25 bits per heavy atom. The maximum Gasteiger partial charge on any atom is 0.260 e. The van der Waals surface area contributed by atoms with Gasteiger partial charge in [0, 0.05) is 0 Å². The van der Waals surface area contributed by atoms with Gasteiger partial charge in [0.2, 0.25) is 0 Å². The van der Waals surface area contributed by atoms with Crippen molar-refractivity contribution in [2.75, 3.05) is 13.2 Å². The number of nitrogens with one attached hydrogen (secondary N) is 1. The molecule has 0 spiro atoms. The molecule has 0 aliphatic heterocycles. The fourth-order valence-corrected chi connectivity index (χ4v) is 3.03. The Bertz CT molecular complexity index is 783. The van der Waals surface area contributed by atoms with Crippen molar-refractivity contribution >= 4 is 5.91 Å². The Balaban J connectivity index is 1.86. The fraction of sp³-hybridized carbons (Fsp3) is 0.458. The maximum absolute atomic E-state index is 12.4. The number of para-hydroxylation sites is 1. The number of rotatable bonds is 9. The van der Waals surface area contributed by atoms with Crippen molar-refractivity contribution in [1.29, 1.82) is 0 Å². The average molecular weight is 384 g/mol. The van der Waals surface area contributed by atoms with Crippen LogP contribution in [0, 0.1) is 6.92 Å². The van der Waals surface area contributed by atoms with E-state index in [4.69, 9.17) is 9.47 Å². The predicted octanol–water partition coefficient (Wildman–Crippen LogP) is 5.20. The first-order valence-corrected chi connectivity index (χ1v) is 10.1. The van der Waals surface area contributed by atoms with Gasteiger partial charge in [-0.3, -0.25) is 4.79 Å². The number of carbonyl (C=O) groups is 1. The maximum atomic E-state index is 12.4. The summed E-state index contributed by atoms with van der Waals surface area (Å²) in [6.45, 7) is 13.2. The van der Waals surface area contributed by atoms with E-state index in [1.165, 1.54) is 5.56 Å². The Kier molecular flexibility index (Phi) is 7.91. The van der Waals surface area contributed by atoms with Gasteiger partial charge in [-0.25, -0.2) is 0 Å². The van der Waals surface area contributed by atoms with E-state index in [1.807, 2.05) is 31.2 Å². The van der Waals surface area contributed by atoms with Gasteiger partial charge in [0.05, 0.1) is 6.54 Å². The summed E-state index contributed by atoms with van der Waals surface area (Å²) in [5.74, 6) is 2.23. The van der Waals surface area contributed by atoms with E-state index in [9.17, 15) is 4.79 Å². The highest BCUT2D eigenvalue weighted by Gasteiger charge is 2.17. The van der Waals surface area contributed by atoms with Crippen LogP contribution in [0.3, 0.4) is 0 Å². The van der Waals surface area contributed by atoms with Crippen LogP contribution in [-0.2, 0) is 4.79 Å². The molecule has 2 aromatic rings. The van der Waals surface area contributed by atoms with Crippen LogP contribution in [0.25, 0.3) is 0 Å². The third-order valence-electron chi connectivity index (χ3n) is 4.66. The van der Waals surface area contributed by atoms with Gasteiger partial charge in [-0.15, -0.1) is 0 Å². The number of aryl methyl sites for hydroxylation is 1. The van der Waals surface area contributed by atoms with Crippen LogP contribution in [0.5, 0.6) is 11.5 Å². The van der Waals surface area contributed by atoms with Crippen molar-refractivity contribution < 1.29 is 14.3 Å². The molecule has 1 N–H and O–H groups in total. The Morgan fingerprint density at radius 1 is 0.929 bits per heavy atom. The van der Waals surface area contributed by atoms with Crippen LogP contribution in [0.15, 0.2) is 42.5 Å². The van der Waals surface area contributed by atoms with E-state index in [0.29, 0.717) is 25.0 Å². The summed E-state index contributed by atoms with van der Waals surface area (Å²) in [4.78, 5) is 12.4. The van der Waals surface area contributed by atoms with Crippen LogP contribution in [-0.4, -0.2) is 25.2 Å². The molecule has 28 heavy (non-hydrogen) atoms. The molecule has 0 aromatic heterocycles. The largest absolute Gasteiger partial charge is 0.491 e. The quantitative estimate of drug-likeness (QED) is 0.605. The van der Waals surface area contributed by atoms with Gasteiger partial charge in [-0.05, 0) is 54.5 Å². The molecule has 0 saturated carbocycles. The second kappa shape index (κ2) is 10.2. The molecule has 0 aliphatic carbocycles. The summed E-state index contributed by atoms with van der Waals surface area (Å²) in [7, 11) is 0. The minimum absolute atomic E-state index is 0.142. The van der Waals surface area contributed by atoms with Crippen LogP contribution >= 0.6 is 0 Å². The van der Waals surface area contributed by atoms with Gasteiger partial charge in [0.1, 0.15) is 18.1 Å². The summed E-state index contributed by atoms with van der Waals surface area (Å²) in [6.07, 6.45) is -0.567. The summed E-state index contributed by atoms with van der Waals surface area (Å²) >= 11 is 0. The van der Waals surface area contributed by atoms with Crippen LogP contribution in [0.1, 0.15) is 63.1 Å². The normalized spacial score (nSPS) is 12.1. The van der Waals surface area contributed by atoms with Crippen LogP contribution in [0.4, 0.5) is 0 Å². The SMILES string of the molecule is Cc1ccc(C(C)C)c(O[C@@H](C)C(=O)NCCOc2ccccc2C(C)C)c1. The first-order valence-electron chi connectivity index (χ1n) is 10.1. The average Bonchev–Trinajstić information content (AvgIpc) is 2.65. The third-order valence-corrected chi connectivity index (χ3v) is 4.66. The molecule has 4 nitrogen and oxygen atoms in total. The molecular weight excluding hydrogens is 350 g/mol. The second-order valence-electron chi connectivity index (χ2n) is 7.79. The molecule has 0 radical (unpaired) electrons. The second-order valence-corrected chi connectivity index (χ2v) is 7.79. The molecule has 2 rings (SSSR count). The first-order chi connectivity index (χ1) is 13.3. The molecule has 1 atom stereocenters. The zero-order valence-electron chi connectivity index (χ0n) is 17.9. The van der Waals surface area contributed by atoms with Crippen molar-refractivity contribution in [2.45, 2.75) is 59.5 Å². The van der Waals surface area contributed by atoms with E-state index >= 15 is 0 Å². The van der Waals surface area contributed by atoms with Crippen molar-refractivity contribution in [2.24, 2.45) is 0 Å². The molecule has 0 bridgehead atoms. The Labute approximate surface area is 169 Å². The standard InChI is InChI=1S/C24H33NO3/c1-16(2)20-9-7-8-10-22(20)27-14-13-25-24(26)19(6)28-23-15-18(5)11-12-21(23)17(3)4/h7-12,15-17,19H,13-14H2,1-6H3,(H,25,26)/t19-/m0/s1. The van der Waals surface area contributed by atoms with Crippen molar-refractivity contribution in [3.05, 3.63) is 59.2 Å². The zero-order chi connectivity index (χ0) is 20.7. The molecular formula is C24H33NO3. The molecule has 0 aliphatic rings. The minimum Gasteiger partial charge on any atom is -0.491 e. The predicted molar refractivity (Wildman–Crippen MR) is 114 cm³/mol. The number of carbonyl (C=O) groups excluding carboxylic acids is 1. The molecule has 0 unspecified atom stereocenters. The highest BCUT2D eigenvalue weighted by Crippen LogP contribution is 2.28. The number of amides is 1. The lowest BCUT2D eigenvalue weighted by Gasteiger charge is -2.19. The van der Waals surface area contributed by atoms with Gasteiger partial charge in [0.25, 0.3) is 5.91 Å². The lowest BCUT2D eigenvalue weighted by Crippen LogP contribution is -2.38. The summed E-state index contributed by atoms with van der Waals surface area (Å²) in [6, 6.07) is 14.1. The lowest BCUT2D eigenvalue weighted by atomic mass is 10.0. The molecule has 0 heterocycles. The Hall–Kier alpha value is -2.49. The fourth-order valence-electron chi connectivity index (χ4n) is 3.03. The van der Waals surface area contributed by atoms with E-state index in [2.05, 4.69) is 51.2 Å². The summed E-state index contributed by atoms with van der Waals surface area (Å²) in [5.41, 5.74) is 3.40. The highest BCUT2D eigenvalue weighted by atomic mass is 16.5. The lowest BCUT2D eigenvalue weighted by molar-refractivity contribution is -0.127. The number of hydrogen-bond acceptors (Lipinski definition) is 3. The Morgan fingerprint density at radius 2 is 1.57 bits per heavy atom. The highest BCUT2D eigenvalue weighted by molar-refractivity contribution is 5.80. The minimum atomic E-state index is -0.567. The van der Waals surface area contributed by atoms with E-state index < -0.39 is 6.10 Å². The van der Waals surface area contributed by atoms with Gasteiger partial charge in [-0.1, -0.05) is 58.0 Å². The first kappa shape index (κ1) is 21.8. The van der Waals surface area contributed by atoms with E-state index in [0.717, 1.165) is 22.6 Å². The molecule has 2 aromatic carbocycles. The third kappa shape index (κ3) is 6.01. The van der Waals surface area contributed by atoms with Crippen molar-refractivity contribution in [3.8, 4) is 11.5 Å². The smallest absolute Gasteiger partial charge is 0.260 e. The van der Waals surface area contributed by atoms with Gasteiger partial charge >= 0.3 is 0 Å². The summed E-state index contributed by atoms with van der Waals surface area (Å²) in [5, 5.41) is 2.90. The van der Waals surface area contributed by atoms with Gasteiger partial charge in [-0.2, -0.15) is 0 Å². The molecule has 4 heteroatoms. The monoisotopic (exact) mass is 383 g/mol. The van der Waals surface area contributed by atoms with Crippen LogP contribution in [0.2, 0.25) is 0 Å². The number of benzene rings is 2. The van der Waals surface area contributed by atoms with Crippen molar-refractivity contribution in [3.63, 3.8) is 0 Å². The van der Waals surface area contributed by atoms with Gasteiger partial charge in [0.15, 0.2) is 6.10 Å². The van der Waals surface area contributed by atoms with E-state index in [-0.39, 0.29) is 5.91 Å². The number of hydrogen-bond donors (Lipinski definition) is 1. The van der Waals surface area contributed by atoms with Crippen molar-refractivity contribution in [1.82, 2.24) is 5.32 Å². The van der Waals surface area contributed by atoms with Gasteiger partial charge < -0.3 is 14.8 Å². The topological polar surface area (TPSA) is 47.6 Å². The number of ether oxygens (including phenoxy) is 2. The molecule has 1 amide bonds. The van der Waals surface area contributed by atoms with Crippen LogP contribution < -0.4 is 14.8 Å². The summed E-state index contributed by atoms with van der Waals surface area (Å²) < 4.78 is 11.8.